The van der Waals surface area contributed by atoms with E-state index < -0.39 is 17.6 Å². The maximum atomic E-state index is 13.3. The fourth-order valence-corrected chi connectivity index (χ4v) is 2.52. The molecule has 28 heavy (non-hydrogen) atoms. The van der Waals surface area contributed by atoms with Gasteiger partial charge in [0.2, 0.25) is 0 Å². The minimum atomic E-state index is -4.60. The van der Waals surface area contributed by atoms with E-state index in [1.807, 2.05) is 0 Å². The number of ether oxygens (including phenoxy) is 1. The molecule has 3 rings (SSSR count). The molecule has 2 aromatic heterocycles. The van der Waals surface area contributed by atoms with Crippen molar-refractivity contribution in [2.45, 2.75) is 12.7 Å². The molecule has 0 aliphatic carbocycles. The number of hydrogen-bond donors (Lipinski definition) is 3. The smallest absolute Gasteiger partial charge is 0.417 e. The molecule has 0 saturated heterocycles. The number of carbonyl (C=O) groups excluding carboxylic acids is 1. The third kappa shape index (κ3) is 4.05. The standard InChI is InChI=1S/C16H16F3N7O2/c1-21-15(20)25-14(27)11-6-9-10(16(17,18)19)2-3-12(13(9)24-11)28-5-4-26-8-22-7-23-26/h2-3,6-8,24H,4-5H2,1H3,(H3,20,21,25,27). The van der Waals surface area contributed by atoms with Gasteiger partial charge in [-0.15, -0.1) is 0 Å². The van der Waals surface area contributed by atoms with Gasteiger partial charge in [0.1, 0.15) is 30.7 Å². The van der Waals surface area contributed by atoms with Crippen LogP contribution in [0.15, 0.2) is 35.8 Å². The Morgan fingerprint density at radius 1 is 1.43 bits per heavy atom. The Hall–Kier alpha value is -3.57. The molecule has 0 aliphatic heterocycles. The number of fused-ring (bicyclic) bond motifs is 1. The number of guanidine groups is 1. The second kappa shape index (κ2) is 7.58. The first-order valence-corrected chi connectivity index (χ1v) is 8.01. The van der Waals surface area contributed by atoms with Crippen molar-refractivity contribution in [2.75, 3.05) is 13.7 Å². The molecule has 0 fully saturated rings. The Morgan fingerprint density at radius 3 is 2.86 bits per heavy atom. The summed E-state index contributed by atoms with van der Waals surface area (Å²) >= 11 is 0. The highest BCUT2D eigenvalue weighted by Crippen LogP contribution is 2.38. The van der Waals surface area contributed by atoms with Gasteiger partial charge < -0.3 is 15.5 Å². The summed E-state index contributed by atoms with van der Waals surface area (Å²) in [5, 5.41) is 5.98. The Morgan fingerprint density at radius 2 is 2.21 bits per heavy atom. The predicted octanol–water partition coefficient (Wildman–Crippen LogP) is 1.53. The first-order chi connectivity index (χ1) is 13.3. The summed E-state index contributed by atoms with van der Waals surface area (Å²) in [4.78, 5) is 22.2. The zero-order chi connectivity index (χ0) is 20.3. The molecule has 1 amide bonds. The third-order valence-corrected chi connectivity index (χ3v) is 3.83. The van der Waals surface area contributed by atoms with Gasteiger partial charge in [0.05, 0.1) is 17.6 Å². The molecule has 1 aromatic carbocycles. The molecule has 0 spiro atoms. The number of nitrogens with two attached hydrogens (primary N) is 1. The van der Waals surface area contributed by atoms with Gasteiger partial charge in [0, 0.05) is 12.4 Å². The summed E-state index contributed by atoms with van der Waals surface area (Å²) in [6.07, 6.45) is -1.75. The lowest BCUT2D eigenvalue weighted by Gasteiger charge is -2.12. The van der Waals surface area contributed by atoms with Crippen molar-refractivity contribution in [1.82, 2.24) is 25.1 Å². The number of aromatic nitrogens is 4. The van der Waals surface area contributed by atoms with E-state index in [1.165, 1.54) is 30.5 Å². The number of hydrogen-bond acceptors (Lipinski definition) is 5. The van der Waals surface area contributed by atoms with E-state index >= 15 is 0 Å². The first-order valence-electron chi connectivity index (χ1n) is 8.01. The molecule has 12 heteroatoms. The van der Waals surface area contributed by atoms with E-state index in [4.69, 9.17) is 10.5 Å². The summed E-state index contributed by atoms with van der Waals surface area (Å²) in [6, 6.07) is 3.21. The molecular formula is C16H16F3N7O2. The fraction of sp³-hybridized carbons (Fsp3) is 0.250. The second-order valence-corrected chi connectivity index (χ2v) is 5.65. The molecule has 0 radical (unpaired) electrons. The topological polar surface area (TPSA) is 123 Å². The van der Waals surface area contributed by atoms with Crippen LogP contribution in [-0.4, -0.2) is 45.3 Å². The van der Waals surface area contributed by atoms with Gasteiger partial charge in [0.25, 0.3) is 5.91 Å². The molecule has 0 unspecified atom stereocenters. The van der Waals surface area contributed by atoms with Gasteiger partial charge in [-0.2, -0.15) is 18.3 Å². The third-order valence-electron chi connectivity index (χ3n) is 3.83. The maximum Gasteiger partial charge on any atom is 0.417 e. The van der Waals surface area contributed by atoms with Crippen LogP contribution in [0.25, 0.3) is 10.9 Å². The number of halogens is 3. The number of nitrogens with zero attached hydrogens (tertiary/aromatic N) is 4. The number of aliphatic imine (C=N–C) groups is 1. The number of nitrogens with one attached hydrogen (secondary N) is 2. The fourth-order valence-electron chi connectivity index (χ4n) is 2.52. The zero-order valence-electron chi connectivity index (χ0n) is 14.6. The number of rotatable bonds is 5. The lowest BCUT2D eigenvalue weighted by molar-refractivity contribution is -0.136. The highest BCUT2D eigenvalue weighted by molar-refractivity contribution is 6.07. The Bertz CT molecular complexity index is 1010. The summed E-state index contributed by atoms with van der Waals surface area (Å²) in [5.41, 5.74) is 4.48. The highest BCUT2D eigenvalue weighted by Gasteiger charge is 2.34. The molecule has 9 nitrogen and oxygen atoms in total. The maximum absolute atomic E-state index is 13.3. The molecule has 0 aliphatic rings. The van der Waals surface area contributed by atoms with Crippen LogP contribution in [0.3, 0.4) is 0 Å². The van der Waals surface area contributed by atoms with Crippen molar-refractivity contribution in [3.63, 3.8) is 0 Å². The van der Waals surface area contributed by atoms with E-state index in [9.17, 15) is 18.0 Å². The predicted molar refractivity (Wildman–Crippen MR) is 93.8 cm³/mol. The van der Waals surface area contributed by atoms with Crippen LogP contribution < -0.4 is 15.8 Å². The molecule has 148 valence electrons. The van der Waals surface area contributed by atoms with Gasteiger partial charge in [-0.05, 0) is 18.2 Å². The summed E-state index contributed by atoms with van der Waals surface area (Å²) in [7, 11) is 1.36. The SMILES string of the molecule is CN=C(N)NC(=O)c1cc2c(C(F)(F)F)ccc(OCCn3cncn3)c2[nH]1. The molecule has 0 bridgehead atoms. The number of benzene rings is 1. The van der Waals surface area contributed by atoms with Crippen LogP contribution in [0.4, 0.5) is 13.2 Å². The van der Waals surface area contributed by atoms with Crippen molar-refractivity contribution in [3.8, 4) is 5.75 Å². The number of carbonyl (C=O) groups is 1. The molecule has 0 saturated carbocycles. The highest BCUT2D eigenvalue weighted by atomic mass is 19.4. The van der Waals surface area contributed by atoms with Gasteiger partial charge in [-0.3, -0.25) is 15.1 Å². The monoisotopic (exact) mass is 395 g/mol. The van der Waals surface area contributed by atoms with E-state index in [2.05, 4.69) is 25.4 Å². The normalized spacial score (nSPS) is 12.4. The van der Waals surface area contributed by atoms with E-state index in [-0.39, 0.29) is 34.9 Å². The van der Waals surface area contributed by atoms with Gasteiger partial charge in [-0.1, -0.05) is 0 Å². The van der Waals surface area contributed by atoms with E-state index in [0.717, 1.165) is 12.1 Å². The lowest BCUT2D eigenvalue weighted by atomic mass is 10.1. The molecular weight excluding hydrogens is 379 g/mol. The van der Waals surface area contributed by atoms with Gasteiger partial charge in [-0.25, -0.2) is 9.67 Å². The average molecular weight is 395 g/mol. The number of H-pyrrole nitrogens is 1. The minimum Gasteiger partial charge on any atom is -0.489 e. The van der Waals surface area contributed by atoms with Crippen LogP contribution in [0.1, 0.15) is 16.1 Å². The summed E-state index contributed by atoms with van der Waals surface area (Å²) < 4.78 is 47.2. The number of aromatic amines is 1. The van der Waals surface area contributed by atoms with Gasteiger partial charge >= 0.3 is 6.18 Å². The Labute approximate surface area is 156 Å². The molecule has 3 aromatic rings. The first kappa shape index (κ1) is 19.2. The van der Waals surface area contributed by atoms with Crippen molar-refractivity contribution in [3.05, 3.63) is 42.1 Å². The minimum absolute atomic E-state index is 0.0468. The molecule has 2 heterocycles. The quantitative estimate of drug-likeness (QED) is 0.447. The van der Waals surface area contributed by atoms with Crippen LogP contribution in [0, 0.1) is 0 Å². The molecule has 0 atom stereocenters. The Kier molecular flexibility index (Phi) is 5.20. The van der Waals surface area contributed by atoms with Crippen molar-refractivity contribution >= 4 is 22.8 Å². The number of alkyl halides is 3. The van der Waals surface area contributed by atoms with E-state index in [1.54, 1.807) is 0 Å². The number of amides is 1. The van der Waals surface area contributed by atoms with Crippen LogP contribution in [-0.2, 0) is 12.7 Å². The van der Waals surface area contributed by atoms with Crippen molar-refractivity contribution in [1.29, 1.82) is 0 Å². The van der Waals surface area contributed by atoms with Crippen LogP contribution in [0.2, 0.25) is 0 Å². The largest absolute Gasteiger partial charge is 0.489 e. The lowest BCUT2D eigenvalue weighted by Crippen LogP contribution is -2.36. The van der Waals surface area contributed by atoms with Gasteiger partial charge in [0.15, 0.2) is 5.96 Å². The van der Waals surface area contributed by atoms with E-state index in [0.29, 0.717) is 6.54 Å². The average Bonchev–Trinajstić information content (AvgIpc) is 3.30. The Balaban J connectivity index is 1.94. The van der Waals surface area contributed by atoms with Crippen molar-refractivity contribution in [2.24, 2.45) is 10.7 Å². The summed E-state index contributed by atoms with van der Waals surface area (Å²) in [5.74, 6) is -0.718. The summed E-state index contributed by atoms with van der Waals surface area (Å²) in [6.45, 7) is 0.486. The molecule has 4 N–H and O–H groups in total. The van der Waals surface area contributed by atoms with Crippen molar-refractivity contribution < 1.29 is 22.7 Å². The van der Waals surface area contributed by atoms with Crippen LogP contribution in [0.5, 0.6) is 5.75 Å². The van der Waals surface area contributed by atoms with Crippen LogP contribution >= 0.6 is 0 Å². The zero-order valence-corrected chi connectivity index (χ0v) is 14.6. The second-order valence-electron chi connectivity index (χ2n) is 5.65.